The fourth-order valence-electron chi connectivity index (χ4n) is 2.94. The van der Waals surface area contributed by atoms with Gasteiger partial charge >= 0.3 is 12.2 Å². The van der Waals surface area contributed by atoms with Crippen LogP contribution in [0.5, 0.6) is 0 Å². The van der Waals surface area contributed by atoms with Crippen LogP contribution in [0, 0.1) is 0 Å². The first-order valence-electron chi connectivity index (χ1n) is 8.88. The minimum atomic E-state index is -0.609. The van der Waals surface area contributed by atoms with E-state index in [1.807, 2.05) is 30.3 Å². The largest absolute Gasteiger partial charge is 0.445 e. The van der Waals surface area contributed by atoms with Gasteiger partial charge in [-0.15, -0.1) is 0 Å². The molecule has 0 aliphatic carbocycles. The summed E-state index contributed by atoms with van der Waals surface area (Å²) >= 11 is 0. The molecule has 1 aliphatic rings. The Morgan fingerprint density at radius 3 is 2.58 bits per heavy atom. The molecule has 144 valence electrons. The second kappa shape index (κ2) is 8.89. The fourth-order valence-corrected chi connectivity index (χ4v) is 2.94. The zero-order chi connectivity index (χ0) is 19.2. The monoisotopic (exact) mass is 364 g/mol. The Kier molecular flexibility index (Phi) is 6.85. The van der Waals surface area contributed by atoms with E-state index < -0.39 is 23.8 Å². The number of hydrogen-bond donors (Lipinski definition) is 2. The molecule has 2 amide bonds. The molecule has 0 saturated carbocycles. The van der Waals surface area contributed by atoms with Crippen molar-refractivity contribution in [2.24, 2.45) is 0 Å². The molecular formula is C19H28N2O5. The van der Waals surface area contributed by atoms with E-state index in [-0.39, 0.29) is 19.3 Å². The molecular weight excluding hydrogens is 336 g/mol. The second-order valence-corrected chi connectivity index (χ2v) is 7.38. The van der Waals surface area contributed by atoms with Gasteiger partial charge in [0.2, 0.25) is 0 Å². The summed E-state index contributed by atoms with van der Waals surface area (Å²) in [5.41, 5.74) is 0.281. The van der Waals surface area contributed by atoms with Crippen LogP contribution in [0.1, 0.15) is 39.2 Å². The number of carbonyl (C=O) groups is 2. The number of alkyl carbamates (subject to hydrolysis) is 1. The van der Waals surface area contributed by atoms with Crippen molar-refractivity contribution in [2.75, 3.05) is 13.2 Å². The third-order valence-electron chi connectivity index (χ3n) is 4.11. The Bertz CT molecular complexity index is 600. The average molecular weight is 364 g/mol. The standard InChI is InChI=1S/C19H28N2O5/c1-19(2,3)26-17(23)20-15-10-7-11-21(16(15)12-22)18(24)25-13-14-8-5-4-6-9-14/h4-6,8-9,15-16,22H,7,10-13H2,1-3H3,(H,20,23). The van der Waals surface area contributed by atoms with Gasteiger partial charge in [-0.25, -0.2) is 9.59 Å². The van der Waals surface area contributed by atoms with Crippen LogP contribution in [0.3, 0.4) is 0 Å². The smallest absolute Gasteiger partial charge is 0.410 e. The zero-order valence-corrected chi connectivity index (χ0v) is 15.6. The van der Waals surface area contributed by atoms with Gasteiger partial charge < -0.3 is 24.8 Å². The molecule has 1 aromatic rings. The first-order chi connectivity index (χ1) is 12.3. The first kappa shape index (κ1) is 20.0. The molecule has 1 aromatic carbocycles. The third-order valence-corrected chi connectivity index (χ3v) is 4.11. The number of nitrogens with one attached hydrogen (secondary N) is 1. The summed E-state index contributed by atoms with van der Waals surface area (Å²) in [6, 6.07) is 8.47. The molecule has 1 aliphatic heterocycles. The molecule has 2 unspecified atom stereocenters. The molecule has 0 bridgehead atoms. The summed E-state index contributed by atoms with van der Waals surface area (Å²) in [5.74, 6) is 0. The van der Waals surface area contributed by atoms with Crippen LogP contribution in [0.2, 0.25) is 0 Å². The van der Waals surface area contributed by atoms with Gasteiger partial charge in [-0.1, -0.05) is 30.3 Å². The number of carbonyl (C=O) groups excluding carboxylic acids is 2. The minimum absolute atomic E-state index is 0.165. The highest BCUT2D eigenvalue weighted by Crippen LogP contribution is 2.20. The second-order valence-electron chi connectivity index (χ2n) is 7.38. The highest BCUT2D eigenvalue weighted by molar-refractivity contribution is 5.70. The summed E-state index contributed by atoms with van der Waals surface area (Å²) in [4.78, 5) is 26.0. The molecule has 2 atom stereocenters. The number of amides is 2. The number of aliphatic hydroxyl groups is 1. The lowest BCUT2D eigenvalue weighted by Gasteiger charge is -2.39. The molecule has 26 heavy (non-hydrogen) atoms. The average Bonchev–Trinajstić information content (AvgIpc) is 2.58. The zero-order valence-electron chi connectivity index (χ0n) is 15.6. The number of piperidine rings is 1. The Hall–Kier alpha value is -2.28. The van der Waals surface area contributed by atoms with Gasteiger partial charge in [0, 0.05) is 6.54 Å². The fraction of sp³-hybridized carbons (Fsp3) is 0.579. The molecule has 1 saturated heterocycles. The van der Waals surface area contributed by atoms with E-state index in [2.05, 4.69) is 5.32 Å². The topological polar surface area (TPSA) is 88.1 Å². The lowest BCUT2D eigenvalue weighted by molar-refractivity contribution is 0.0231. The van der Waals surface area contributed by atoms with E-state index in [4.69, 9.17) is 9.47 Å². The lowest BCUT2D eigenvalue weighted by Crippen LogP contribution is -2.59. The Balaban J connectivity index is 1.95. The Morgan fingerprint density at radius 2 is 1.96 bits per heavy atom. The number of rotatable bonds is 4. The highest BCUT2D eigenvalue weighted by Gasteiger charge is 2.36. The van der Waals surface area contributed by atoms with Gasteiger partial charge in [0.15, 0.2) is 0 Å². The van der Waals surface area contributed by atoms with E-state index >= 15 is 0 Å². The van der Waals surface area contributed by atoms with E-state index in [1.54, 1.807) is 20.8 Å². The molecule has 7 heteroatoms. The number of ether oxygens (including phenoxy) is 2. The quantitative estimate of drug-likeness (QED) is 0.858. The lowest BCUT2D eigenvalue weighted by atomic mass is 9.97. The van der Waals surface area contributed by atoms with Crippen LogP contribution >= 0.6 is 0 Å². The SMILES string of the molecule is CC(C)(C)OC(=O)NC1CCCN(C(=O)OCc2ccccc2)C1CO. The van der Waals surface area contributed by atoms with Crippen LogP contribution < -0.4 is 5.32 Å². The first-order valence-corrected chi connectivity index (χ1v) is 8.88. The molecule has 0 radical (unpaired) electrons. The summed E-state index contributed by atoms with van der Waals surface area (Å²) in [6.45, 7) is 5.73. The van der Waals surface area contributed by atoms with Crippen LogP contribution in [0.4, 0.5) is 9.59 Å². The van der Waals surface area contributed by atoms with Crippen LogP contribution in [-0.4, -0.2) is 53.0 Å². The van der Waals surface area contributed by atoms with Crippen LogP contribution in [0.25, 0.3) is 0 Å². The van der Waals surface area contributed by atoms with Crippen molar-refractivity contribution in [3.8, 4) is 0 Å². The van der Waals surface area contributed by atoms with Crippen molar-refractivity contribution in [3.63, 3.8) is 0 Å². The van der Waals surface area contributed by atoms with E-state index in [0.29, 0.717) is 19.4 Å². The van der Waals surface area contributed by atoms with E-state index in [1.165, 1.54) is 4.90 Å². The van der Waals surface area contributed by atoms with Crippen LogP contribution in [-0.2, 0) is 16.1 Å². The maximum Gasteiger partial charge on any atom is 0.410 e. The molecule has 2 rings (SSSR count). The van der Waals surface area contributed by atoms with Crippen molar-refractivity contribution in [1.82, 2.24) is 10.2 Å². The van der Waals surface area contributed by atoms with Gasteiger partial charge in [-0.05, 0) is 39.2 Å². The van der Waals surface area contributed by atoms with Crippen LogP contribution in [0.15, 0.2) is 30.3 Å². The maximum atomic E-state index is 12.4. The van der Waals surface area contributed by atoms with E-state index in [9.17, 15) is 14.7 Å². The highest BCUT2D eigenvalue weighted by atomic mass is 16.6. The normalized spacial score (nSPS) is 20.4. The van der Waals surface area contributed by atoms with Crippen molar-refractivity contribution in [1.29, 1.82) is 0 Å². The predicted molar refractivity (Wildman–Crippen MR) is 96.6 cm³/mol. The number of benzene rings is 1. The summed E-state index contributed by atoms with van der Waals surface area (Å²) in [7, 11) is 0. The molecule has 1 fully saturated rings. The summed E-state index contributed by atoms with van der Waals surface area (Å²) < 4.78 is 10.6. The van der Waals surface area contributed by atoms with Gasteiger partial charge in [0.05, 0.1) is 18.7 Å². The summed E-state index contributed by atoms with van der Waals surface area (Å²) in [5, 5.41) is 12.5. The van der Waals surface area contributed by atoms with Crippen molar-refractivity contribution >= 4 is 12.2 Å². The van der Waals surface area contributed by atoms with Gasteiger partial charge in [-0.2, -0.15) is 0 Å². The number of aliphatic hydroxyl groups excluding tert-OH is 1. The van der Waals surface area contributed by atoms with Gasteiger partial charge in [-0.3, -0.25) is 0 Å². The third kappa shape index (κ3) is 5.91. The Labute approximate surface area is 154 Å². The van der Waals surface area contributed by atoms with E-state index in [0.717, 1.165) is 5.56 Å². The molecule has 7 nitrogen and oxygen atoms in total. The van der Waals surface area contributed by atoms with Crippen molar-refractivity contribution in [3.05, 3.63) is 35.9 Å². The van der Waals surface area contributed by atoms with Crippen molar-refractivity contribution in [2.45, 2.75) is 57.9 Å². The van der Waals surface area contributed by atoms with Gasteiger partial charge in [0.1, 0.15) is 12.2 Å². The molecule has 0 spiro atoms. The number of hydrogen-bond acceptors (Lipinski definition) is 5. The summed E-state index contributed by atoms with van der Waals surface area (Å²) in [6.07, 6.45) is 0.314. The molecule has 0 aromatic heterocycles. The minimum Gasteiger partial charge on any atom is -0.445 e. The number of likely N-dealkylation sites (tertiary alicyclic amines) is 1. The maximum absolute atomic E-state index is 12.4. The van der Waals surface area contributed by atoms with Gasteiger partial charge in [0.25, 0.3) is 0 Å². The number of nitrogens with zero attached hydrogens (tertiary/aromatic N) is 1. The van der Waals surface area contributed by atoms with Crippen molar-refractivity contribution < 1.29 is 24.2 Å². The predicted octanol–water partition coefficient (Wildman–Crippen LogP) is 2.67. The molecule has 1 heterocycles. The molecule has 2 N–H and O–H groups in total. The Morgan fingerprint density at radius 1 is 1.27 bits per heavy atom.